The number of Topliss-reactive ketones (excluding diaryl/α,β-unsaturated/α-hetero) is 1. The van der Waals surface area contributed by atoms with Crippen LogP contribution in [0.3, 0.4) is 0 Å². The van der Waals surface area contributed by atoms with Gasteiger partial charge in [-0.15, -0.1) is 0 Å². The van der Waals surface area contributed by atoms with Gasteiger partial charge < -0.3 is 14.2 Å². The molecule has 0 saturated heterocycles. The van der Waals surface area contributed by atoms with Crippen LogP contribution in [0.1, 0.15) is 45.1 Å². The summed E-state index contributed by atoms with van der Waals surface area (Å²) in [5, 5.41) is 0. The maximum absolute atomic E-state index is 13.2. The van der Waals surface area contributed by atoms with Crippen LogP contribution in [0.2, 0.25) is 0 Å². The van der Waals surface area contributed by atoms with Gasteiger partial charge in [-0.25, -0.2) is 0 Å². The number of nitrogens with zero attached hydrogens (tertiary/aromatic N) is 1. The van der Waals surface area contributed by atoms with Crippen LogP contribution in [0.25, 0.3) is 0 Å². The number of hydrogen-bond donors (Lipinski definition) is 0. The van der Waals surface area contributed by atoms with Crippen LogP contribution >= 0.6 is 0 Å². The maximum atomic E-state index is 13.2. The van der Waals surface area contributed by atoms with Gasteiger partial charge in [0, 0.05) is 36.4 Å². The van der Waals surface area contributed by atoms with E-state index in [1.807, 2.05) is 31.2 Å². The Hall–Kier alpha value is -2.47. The second kappa shape index (κ2) is 8.49. The molecule has 1 unspecified atom stereocenters. The molecular formula is C23H29NO5. The van der Waals surface area contributed by atoms with E-state index in [0.717, 1.165) is 17.0 Å². The van der Waals surface area contributed by atoms with E-state index in [9.17, 15) is 9.59 Å². The molecule has 0 aromatic heterocycles. The molecule has 0 saturated carbocycles. The van der Waals surface area contributed by atoms with Gasteiger partial charge in [-0.1, -0.05) is 26.0 Å². The van der Waals surface area contributed by atoms with Crippen molar-refractivity contribution in [2.75, 3.05) is 27.4 Å². The molecule has 6 nitrogen and oxygen atoms in total. The Kier molecular flexibility index (Phi) is 6.22. The molecule has 1 aromatic rings. The lowest BCUT2D eigenvalue weighted by atomic mass is 9.67. The highest BCUT2D eigenvalue weighted by Gasteiger charge is 2.46. The summed E-state index contributed by atoms with van der Waals surface area (Å²) in [7, 11) is 3.16. The van der Waals surface area contributed by atoms with Crippen LogP contribution in [0, 0.1) is 11.3 Å². The van der Waals surface area contributed by atoms with Gasteiger partial charge in [0.1, 0.15) is 18.3 Å². The van der Waals surface area contributed by atoms with Gasteiger partial charge >= 0.3 is 5.97 Å². The maximum Gasteiger partial charge on any atom is 0.315 e. The van der Waals surface area contributed by atoms with Gasteiger partial charge in [0.15, 0.2) is 5.78 Å². The molecule has 29 heavy (non-hydrogen) atoms. The van der Waals surface area contributed by atoms with Crippen molar-refractivity contribution in [3.05, 3.63) is 41.1 Å². The first-order valence-corrected chi connectivity index (χ1v) is 9.88. The van der Waals surface area contributed by atoms with E-state index in [4.69, 9.17) is 19.2 Å². The average Bonchev–Trinajstić information content (AvgIpc) is 2.66. The van der Waals surface area contributed by atoms with Crippen molar-refractivity contribution >= 4 is 17.5 Å². The average molecular weight is 399 g/mol. The Labute approximate surface area is 171 Å². The molecule has 0 N–H and O–H groups in total. The number of benzene rings is 1. The first-order chi connectivity index (χ1) is 13.8. The Balaban J connectivity index is 2.06. The molecule has 2 atom stereocenters. The lowest BCUT2D eigenvalue weighted by Gasteiger charge is -2.39. The van der Waals surface area contributed by atoms with Crippen LogP contribution in [-0.2, 0) is 19.1 Å². The lowest BCUT2D eigenvalue weighted by molar-refractivity contribution is -0.147. The van der Waals surface area contributed by atoms with Crippen LogP contribution in [-0.4, -0.2) is 44.9 Å². The molecule has 1 aliphatic carbocycles. The number of carbonyl (C=O) groups is 2. The fraction of sp³-hybridized carbons (Fsp3) is 0.522. The van der Waals surface area contributed by atoms with Gasteiger partial charge in [0.05, 0.1) is 13.7 Å². The first-order valence-electron chi connectivity index (χ1n) is 9.88. The molecule has 156 valence electrons. The summed E-state index contributed by atoms with van der Waals surface area (Å²) in [4.78, 5) is 30.9. The predicted octanol–water partition coefficient (Wildman–Crippen LogP) is 3.70. The number of allylic oxidation sites excluding steroid dienone is 2. The molecule has 0 fully saturated rings. The summed E-state index contributed by atoms with van der Waals surface area (Å²) >= 11 is 0. The number of methoxy groups -OCH3 is 2. The summed E-state index contributed by atoms with van der Waals surface area (Å²) in [6, 6.07) is 7.52. The molecule has 0 bridgehead atoms. The second-order valence-corrected chi connectivity index (χ2v) is 8.44. The number of rotatable bonds is 6. The van der Waals surface area contributed by atoms with E-state index < -0.39 is 11.8 Å². The first kappa shape index (κ1) is 21.2. The fourth-order valence-electron chi connectivity index (χ4n) is 4.24. The molecule has 0 radical (unpaired) electrons. The van der Waals surface area contributed by atoms with E-state index in [2.05, 4.69) is 13.8 Å². The summed E-state index contributed by atoms with van der Waals surface area (Å²) < 4.78 is 15.7. The van der Waals surface area contributed by atoms with Crippen molar-refractivity contribution in [2.24, 2.45) is 16.3 Å². The zero-order chi connectivity index (χ0) is 21.2. The standard InChI is InChI=1S/C23H29NO5/c1-14-19(22(26)29-11-10-27-4)20(15-6-8-16(28-5)9-7-15)21-17(24-14)12-23(2,3)13-18(21)25/h6-9,19-20H,10-13H2,1-5H3/t19?,20-/m0/s1. The monoisotopic (exact) mass is 399 g/mol. The number of ketones is 1. The normalized spacial score (nSPS) is 23.3. The molecule has 1 heterocycles. The highest BCUT2D eigenvalue weighted by Crippen LogP contribution is 2.48. The minimum atomic E-state index is -0.635. The van der Waals surface area contributed by atoms with E-state index >= 15 is 0 Å². The molecule has 0 amide bonds. The molecule has 3 rings (SSSR count). The van der Waals surface area contributed by atoms with E-state index in [1.54, 1.807) is 14.2 Å². The Morgan fingerprint density at radius 2 is 1.83 bits per heavy atom. The highest BCUT2D eigenvalue weighted by molar-refractivity contribution is 6.09. The minimum absolute atomic E-state index is 0.0583. The molecule has 6 heteroatoms. The number of carbonyl (C=O) groups excluding carboxylic acids is 2. The van der Waals surface area contributed by atoms with Crippen molar-refractivity contribution in [1.29, 1.82) is 0 Å². The van der Waals surface area contributed by atoms with Gasteiger partial charge in [0.25, 0.3) is 0 Å². The summed E-state index contributed by atoms with van der Waals surface area (Å²) in [6.45, 7) is 6.49. The minimum Gasteiger partial charge on any atom is -0.497 e. The van der Waals surface area contributed by atoms with Gasteiger partial charge in [0.2, 0.25) is 0 Å². The number of hydrogen-bond acceptors (Lipinski definition) is 6. The van der Waals surface area contributed by atoms with Crippen LogP contribution in [0.4, 0.5) is 0 Å². The predicted molar refractivity (Wildman–Crippen MR) is 110 cm³/mol. The van der Waals surface area contributed by atoms with E-state index in [0.29, 0.717) is 30.7 Å². The highest BCUT2D eigenvalue weighted by atomic mass is 16.6. The van der Waals surface area contributed by atoms with Crippen molar-refractivity contribution in [2.45, 2.75) is 39.5 Å². The largest absolute Gasteiger partial charge is 0.497 e. The van der Waals surface area contributed by atoms with E-state index in [1.165, 1.54) is 0 Å². The SMILES string of the molecule is COCCOC(=O)C1C(C)=NC2=C(C(=O)CC(C)(C)C2)[C@H]1c1ccc(OC)cc1. The summed E-state index contributed by atoms with van der Waals surface area (Å²) in [5.41, 5.74) is 2.86. The van der Waals surface area contributed by atoms with Crippen LogP contribution in [0.15, 0.2) is 40.5 Å². The van der Waals surface area contributed by atoms with E-state index in [-0.39, 0.29) is 23.8 Å². The smallest absolute Gasteiger partial charge is 0.315 e. The number of ether oxygens (including phenoxy) is 3. The molecule has 0 spiro atoms. The third-order valence-electron chi connectivity index (χ3n) is 5.56. The van der Waals surface area contributed by atoms with Gasteiger partial charge in [-0.2, -0.15) is 0 Å². The lowest BCUT2D eigenvalue weighted by Crippen LogP contribution is -2.39. The quantitative estimate of drug-likeness (QED) is 0.539. The molecular weight excluding hydrogens is 370 g/mol. The molecule has 1 aromatic carbocycles. The van der Waals surface area contributed by atoms with Crippen LogP contribution in [0.5, 0.6) is 5.75 Å². The number of esters is 1. The van der Waals surface area contributed by atoms with Gasteiger partial charge in [-0.05, 0) is 36.5 Å². The Bertz CT molecular complexity index is 851. The van der Waals surface area contributed by atoms with Crippen molar-refractivity contribution in [3.8, 4) is 5.75 Å². The van der Waals surface area contributed by atoms with Gasteiger partial charge in [-0.3, -0.25) is 14.6 Å². The molecule has 1 aliphatic heterocycles. The topological polar surface area (TPSA) is 74.2 Å². The Morgan fingerprint density at radius 3 is 2.45 bits per heavy atom. The number of aliphatic imine (C=N–C) groups is 1. The zero-order valence-electron chi connectivity index (χ0n) is 17.8. The second-order valence-electron chi connectivity index (χ2n) is 8.44. The third-order valence-corrected chi connectivity index (χ3v) is 5.56. The molecule has 2 aliphatic rings. The summed E-state index contributed by atoms with van der Waals surface area (Å²) in [5.74, 6) is -0.646. The van der Waals surface area contributed by atoms with Crippen molar-refractivity contribution in [3.63, 3.8) is 0 Å². The van der Waals surface area contributed by atoms with Crippen LogP contribution < -0.4 is 4.74 Å². The van der Waals surface area contributed by atoms with Crippen molar-refractivity contribution in [1.82, 2.24) is 0 Å². The fourth-order valence-corrected chi connectivity index (χ4v) is 4.24. The third kappa shape index (κ3) is 4.42. The summed E-state index contributed by atoms with van der Waals surface area (Å²) in [6.07, 6.45) is 1.15. The zero-order valence-corrected chi connectivity index (χ0v) is 17.8. The van der Waals surface area contributed by atoms with Crippen molar-refractivity contribution < 1.29 is 23.8 Å². The Morgan fingerprint density at radius 1 is 1.14 bits per heavy atom.